The quantitative estimate of drug-likeness (QED) is 0.619. The van der Waals surface area contributed by atoms with Gasteiger partial charge in [0.2, 0.25) is 0 Å². The van der Waals surface area contributed by atoms with E-state index in [4.69, 9.17) is 0 Å². The highest BCUT2D eigenvalue weighted by atomic mass is 32.2. The molecule has 0 rings (SSSR count). The van der Waals surface area contributed by atoms with E-state index in [0.29, 0.717) is 4.91 Å². The first-order chi connectivity index (χ1) is 7.72. The van der Waals surface area contributed by atoms with Crippen LogP contribution in [0, 0.1) is 47.4 Å². The van der Waals surface area contributed by atoms with E-state index in [0.717, 1.165) is 0 Å². The molecule has 0 aromatic carbocycles. The topological polar surface area (TPSA) is 17.1 Å². The molecule has 0 aromatic rings. The molecule has 0 amide bonds. The molecular weight excluding hydrogens is 216 g/mol. The lowest BCUT2D eigenvalue weighted by molar-refractivity contribution is 0.691. The van der Waals surface area contributed by atoms with Gasteiger partial charge in [-0.2, -0.15) is 0 Å². The van der Waals surface area contributed by atoms with Crippen LogP contribution in [0.4, 0.5) is 0 Å². The van der Waals surface area contributed by atoms with Gasteiger partial charge in [-0.1, -0.05) is 24.3 Å². The Morgan fingerprint density at radius 1 is 1.19 bits per heavy atom. The Balaban J connectivity index is 4.91. The summed E-state index contributed by atoms with van der Waals surface area (Å²) in [6.07, 6.45) is 4.48. The van der Waals surface area contributed by atoms with Crippen molar-refractivity contribution in [2.24, 2.45) is 0 Å². The van der Waals surface area contributed by atoms with Crippen LogP contribution in [0.3, 0.4) is 0 Å². The van der Waals surface area contributed by atoms with Crippen molar-refractivity contribution >= 4 is 10.8 Å². The maximum atomic E-state index is 11.2. The van der Waals surface area contributed by atoms with Gasteiger partial charge in [0.25, 0.3) is 0 Å². The van der Waals surface area contributed by atoms with E-state index < -0.39 is 10.8 Å². The van der Waals surface area contributed by atoms with Crippen LogP contribution in [0.5, 0.6) is 0 Å². The highest BCUT2D eigenvalue weighted by Crippen LogP contribution is 1.95. The van der Waals surface area contributed by atoms with Gasteiger partial charge in [-0.05, 0) is 42.6 Å². The molecule has 2 heteroatoms. The fraction of sp³-hybridized carbons (Fsp3) is 0.143. The maximum Gasteiger partial charge on any atom is 0.0977 e. The smallest absolute Gasteiger partial charge is 0.0977 e. The van der Waals surface area contributed by atoms with Crippen molar-refractivity contribution in [2.75, 3.05) is 6.26 Å². The first-order valence-electron chi connectivity index (χ1n) is 4.30. The molecule has 0 aliphatic heterocycles. The van der Waals surface area contributed by atoms with E-state index in [1.165, 1.54) is 18.4 Å². The van der Waals surface area contributed by atoms with Crippen molar-refractivity contribution in [1.82, 2.24) is 0 Å². The fourth-order valence-electron chi connectivity index (χ4n) is 0.571. The summed E-state index contributed by atoms with van der Waals surface area (Å²) in [5.74, 6) is 20.8. The van der Waals surface area contributed by atoms with Gasteiger partial charge in [-0.3, -0.25) is 4.21 Å². The number of rotatable bonds is 1. The summed E-state index contributed by atoms with van der Waals surface area (Å²) in [6, 6.07) is 0. The molecule has 0 aliphatic rings. The predicted octanol–water partition coefficient (Wildman–Crippen LogP) is 1.47. The monoisotopic (exact) mass is 226 g/mol. The minimum atomic E-state index is -1.17. The van der Waals surface area contributed by atoms with Gasteiger partial charge in [-0.25, -0.2) is 0 Å². The van der Waals surface area contributed by atoms with Crippen LogP contribution < -0.4 is 0 Å². The van der Waals surface area contributed by atoms with E-state index in [9.17, 15) is 4.21 Å². The van der Waals surface area contributed by atoms with E-state index in [2.05, 4.69) is 53.9 Å². The van der Waals surface area contributed by atoms with Gasteiger partial charge in [0.05, 0.1) is 15.7 Å². The van der Waals surface area contributed by atoms with Crippen molar-refractivity contribution in [2.45, 2.75) is 6.92 Å². The lowest BCUT2D eigenvalue weighted by atomic mass is 10.4. The van der Waals surface area contributed by atoms with Gasteiger partial charge in [0, 0.05) is 12.3 Å². The van der Waals surface area contributed by atoms with Gasteiger partial charge < -0.3 is 0 Å². The molecule has 0 bridgehead atoms. The molecule has 0 saturated carbocycles. The molecule has 0 saturated heterocycles. The summed E-state index contributed by atoms with van der Waals surface area (Å²) in [6.45, 7) is 5.11. The summed E-state index contributed by atoms with van der Waals surface area (Å²) in [5, 5.41) is 0. The van der Waals surface area contributed by atoms with Crippen LogP contribution in [0.2, 0.25) is 0 Å². The maximum absolute atomic E-state index is 11.2. The number of allylic oxidation sites excluding steroid dienone is 3. The van der Waals surface area contributed by atoms with Crippen LogP contribution in [-0.2, 0) is 10.8 Å². The lowest BCUT2D eigenvalue weighted by Gasteiger charge is -1.87. The van der Waals surface area contributed by atoms with Crippen LogP contribution in [0.1, 0.15) is 6.92 Å². The molecule has 1 unspecified atom stereocenters. The Morgan fingerprint density at radius 3 is 2.44 bits per heavy atom. The molecule has 0 radical (unpaired) electrons. The minimum Gasteiger partial charge on any atom is -0.254 e. The predicted molar refractivity (Wildman–Crippen MR) is 69.1 cm³/mol. The van der Waals surface area contributed by atoms with Crippen molar-refractivity contribution in [3.8, 4) is 47.4 Å². The lowest BCUT2D eigenvalue weighted by Crippen LogP contribution is -1.87. The fourth-order valence-corrected chi connectivity index (χ4v) is 0.991. The van der Waals surface area contributed by atoms with Crippen molar-refractivity contribution in [1.29, 1.82) is 0 Å². The largest absolute Gasteiger partial charge is 0.254 e. The van der Waals surface area contributed by atoms with Crippen molar-refractivity contribution in [3.05, 3.63) is 23.6 Å². The minimum absolute atomic E-state index is 0.440. The third kappa shape index (κ3) is 7.29. The highest BCUT2D eigenvalue weighted by Gasteiger charge is 1.94. The number of hydrogen-bond acceptors (Lipinski definition) is 1. The first kappa shape index (κ1) is 13.9. The third-order valence-corrected chi connectivity index (χ3v) is 2.03. The first-order valence-corrected chi connectivity index (χ1v) is 5.86. The molecule has 0 aliphatic carbocycles. The Morgan fingerprint density at radius 2 is 1.88 bits per heavy atom. The van der Waals surface area contributed by atoms with Crippen molar-refractivity contribution < 1.29 is 4.21 Å². The molecule has 0 spiro atoms. The number of hydrogen-bond donors (Lipinski definition) is 0. The van der Waals surface area contributed by atoms with Crippen molar-refractivity contribution in [3.63, 3.8) is 0 Å². The van der Waals surface area contributed by atoms with E-state index in [1.807, 2.05) is 0 Å². The van der Waals surface area contributed by atoms with Crippen LogP contribution >= 0.6 is 0 Å². The molecule has 16 heavy (non-hydrogen) atoms. The zero-order valence-electron chi connectivity index (χ0n) is 9.18. The average molecular weight is 226 g/mol. The van der Waals surface area contributed by atoms with Crippen LogP contribution in [0.25, 0.3) is 0 Å². The second kappa shape index (κ2) is 9.43. The summed E-state index contributed by atoms with van der Waals surface area (Å²) in [4.78, 5) is 0.440. The van der Waals surface area contributed by atoms with E-state index in [1.54, 1.807) is 6.92 Å². The normalized spacial score (nSPS) is 9.75. The standard InChI is InChI=1S/C14H10OS/c1-4-6-8-9-11-13-14(16(3)15)12-10-7-5-2/h4,13H,1H2,2-3H3. The third-order valence-electron chi connectivity index (χ3n) is 1.20. The molecule has 0 heterocycles. The Labute approximate surface area is 99.5 Å². The zero-order chi connectivity index (χ0) is 12.2. The Bertz CT molecular complexity index is 549. The van der Waals surface area contributed by atoms with Crippen LogP contribution in [0.15, 0.2) is 23.6 Å². The molecular formula is C14H10OS. The van der Waals surface area contributed by atoms with E-state index in [-0.39, 0.29) is 0 Å². The molecule has 1 atom stereocenters. The van der Waals surface area contributed by atoms with Gasteiger partial charge in [0.1, 0.15) is 0 Å². The summed E-state index contributed by atoms with van der Waals surface area (Å²) < 4.78 is 11.2. The second-order valence-corrected chi connectivity index (χ2v) is 3.68. The second-order valence-electron chi connectivity index (χ2n) is 2.33. The highest BCUT2D eigenvalue weighted by molar-refractivity contribution is 7.88. The Kier molecular flexibility index (Phi) is 8.17. The molecule has 0 N–H and O–H groups in total. The van der Waals surface area contributed by atoms with Gasteiger partial charge >= 0.3 is 0 Å². The molecule has 1 nitrogen and oxygen atoms in total. The molecule has 78 valence electrons. The molecule has 0 fully saturated rings. The SMILES string of the molecule is C=CC#CC#CC=C(C#CC#CC)S(C)=O. The molecule has 0 aromatic heterocycles. The zero-order valence-corrected chi connectivity index (χ0v) is 9.99. The Hall–Kier alpha value is -2.13. The van der Waals surface area contributed by atoms with Gasteiger partial charge in [0.15, 0.2) is 0 Å². The average Bonchev–Trinajstić information content (AvgIpc) is 2.26. The summed E-state index contributed by atoms with van der Waals surface area (Å²) in [7, 11) is -1.17. The summed E-state index contributed by atoms with van der Waals surface area (Å²) in [5.41, 5.74) is 0. The summed E-state index contributed by atoms with van der Waals surface area (Å²) >= 11 is 0. The van der Waals surface area contributed by atoms with Crippen LogP contribution in [-0.4, -0.2) is 10.5 Å². The van der Waals surface area contributed by atoms with Gasteiger partial charge in [-0.15, -0.1) is 0 Å². The van der Waals surface area contributed by atoms with E-state index >= 15 is 0 Å².